The number of fused-ring (bicyclic) bond motifs is 1. The van der Waals surface area contributed by atoms with Gasteiger partial charge in [0, 0.05) is 6.20 Å². The van der Waals surface area contributed by atoms with Gasteiger partial charge in [0.05, 0.1) is 29.4 Å². The molecule has 3 aromatic rings. The summed E-state index contributed by atoms with van der Waals surface area (Å²) in [6, 6.07) is 11.3. The van der Waals surface area contributed by atoms with Crippen LogP contribution in [0.1, 0.15) is 21.6 Å². The Labute approximate surface area is 127 Å². The molecule has 1 N–H and O–H groups in total. The van der Waals surface area contributed by atoms with Crippen molar-refractivity contribution >= 4 is 17.0 Å². The third kappa shape index (κ3) is 2.65. The van der Waals surface area contributed by atoms with Crippen LogP contribution >= 0.6 is 0 Å². The zero-order chi connectivity index (χ0) is 15.5. The van der Waals surface area contributed by atoms with Crippen molar-refractivity contribution in [2.75, 3.05) is 7.11 Å². The molecule has 5 nitrogen and oxygen atoms in total. The maximum Gasteiger partial charge on any atom is 0.340 e. The number of H-pyrrole nitrogens is 1. The number of hydrogen-bond donors (Lipinski definition) is 1. The number of rotatable bonds is 4. The summed E-state index contributed by atoms with van der Waals surface area (Å²) in [5, 5.41) is 0. The summed E-state index contributed by atoms with van der Waals surface area (Å²) in [6.07, 6.45) is 1.59. The van der Waals surface area contributed by atoms with E-state index in [9.17, 15) is 4.79 Å². The van der Waals surface area contributed by atoms with E-state index in [1.165, 1.54) is 7.11 Å². The number of carbonyl (C=O) groups excluding carboxylic acids is 1. The average molecular weight is 296 g/mol. The van der Waals surface area contributed by atoms with Gasteiger partial charge in [0.2, 0.25) is 0 Å². The van der Waals surface area contributed by atoms with Crippen LogP contribution in [0.5, 0.6) is 5.75 Å². The summed E-state index contributed by atoms with van der Waals surface area (Å²) >= 11 is 0. The summed E-state index contributed by atoms with van der Waals surface area (Å²) in [5.41, 5.74) is 3.77. The number of para-hydroxylation sites is 1. The topological polar surface area (TPSA) is 64.2 Å². The lowest BCUT2D eigenvalue weighted by Crippen LogP contribution is -2.02. The number of carbonyl (C=O) groups is 1. The van der Waals surface area contributed by atoms with Crippen molar-refractivity contribution in [2.24, 2.45) is 0 Å². The van der Waals surface area contributed by atoms with Gasteiger partial charge in [-0.1, -0.05) is 18.2 Å². The van der Waals surface area contributed by atoms with E-state index in [1.54, 1.807) is 12.3 Å². The molecule has 0 aliphatic rings. The van der Waals surface area contributed by atoms with Gasteiger partial charge in [0.1, 0.15) is 12.4 Å². The highest BCUT2D eigenvalue weighted by Crippen LogP contribution is 2.21. The van der Waals surface area contributed by atoms with Crippen molar-refractivity contribution in [3.8, 4) is 5.75 Å². The van der Waals surface area contributed by atoms with Crippen LogP contribution in [-0.4, -0.2) is 23.0 Å². The average Bonchev–Trinajstić information content (AvgIpc) is 2.96. The molecule has 1 aromatic carbocycles. The van der Waals surface area contributed by atoms with Crippen LogP contribution in [0.4, 0.5) is 0 Å². The lowest BCUT2D eigenvalue weighted by Gasteiger charge is -2.07. The van der Waals surface area contributed by atoms with E-state index in [-0.39, 0.29) is 5.97 Å². The molecule has 0 amide bonds. The largest absolute Gasteiger partial charge is 0.487 e. The van der Waals surface area contributed by atoms with Gasteiger partial charge >= 0.3 is 5.97 Å². The molecular formula is C17H16N2O3. The predicted octanol–water partition coefficient (Wildman–Crippen LogP) is 3.24. The Morgan fingerprint density at radius 3 is 2.86 bits per heavy atom. The van der Waals surface area contributed by atoms with Crippen LogP contribution in [0.2, 0.25) is 0 Å². The van der Waals surface area contributed by atoms with E-state index < -0.39 is 0 Å². The quantitative estimate of drug-likeness (QED) is 0.751. The molecule has 2 heterocycles. The van der Waals surface area contributed by atoms with Crippen molar-refractivity contribution in [1.82, 2.24) is 9.97 Å². The Kier molecular flexibility index (Phi) is 3.78. The molecule has 5 heteroatoms. The Morgan fingerprint density at radius 1 is 1.27 bits per heavy atom. The fraction of sp³-hybridized carbons (Fsp3) is 0.176. The standard InChI is InChI=1S/C17H16N2O3/c1-11-5-3-4-6-15(11)22-10-12-9-14-16(19-12)13(7-8-18-14)17(20)21-2/h3-9,19H,10H2,1-2H3. The van der Waals surface area contributed by atoms with Crippen LogP contribution in [0.3, 0.4) is 0 Å². The van der Waals surface area contributed by atoms with E-state index in [1.807, 2.05) is 37.3 Å². The number of nitrogens with one attached hydrogen (secondary N) is 1. The SMILES string of the molecule is COC(=O)c1ccnc2cc(COc3ccccc3C)[nH]c12. The molecule has 0 aliphatic heterocycles. The van der Waals surface area contributed by atoms with Crippen molar-refractivity contribution in [1.29, 1.82) is 0 Å². The van der Waals surface area contributed by atoms with Gasteiger partial charge in [-0.05, 0) is 30.7 Å². The molecule has 0 aliphatic carbocycles. The summed E-state index contributed by atoms with van der Waals surface area (Å²) in [7, 11) is 1.36. The summed E-state index contributed by atoms with van der Waals surface area (Å²) < 4.78 is 10.6. The van der Waals surface area contributed by atoms with Crippen LogP contribution < -0.4 is 4.74 Å². The second-order valence-corrected chi connectivity index (χ2v) is 4.96. The van der Waals surface area contributed by atoms with Gasteiger partial charge in [-0.2, -0.15) is 0 Å². The number of hydrogen-bond acceptors (Lipinski definition) is 4. The van der Waals surface area contributed by atoms with E-state index in [4.69, 9.17) is 9.47 Å². The Morgan fingerprint density at radius 2 is 2.09 bits per heavy atom. The molecule has 0 bridgehead atoms. The maximum atomic E-state index is 11.8. The van der Waals surface area contributed by atoms with Crippen molar-refractivity contribution < 1.29 is 14.3 Å². The molecule has 2 aromatic heterocycles. The molecule has 22 heavy (non-hydrogen) atoms. The molecular weight excluding hydrogens is 280 g/mol. The second kappa shape index (κ2) is 5.89. The minimum absolute atomic E-state index is 0.377. The Hall–Kier alpha value is -2.82. The van der Waals surface area contributed by atoms with Crippen molar-refractivity contribution in [2.45, 2.75) is 13.5 Å². The molecule has 0 atom stereocenters. The first-order valence-corrected chi connectivity index (χ1v) is 6.92. The summed E-state index contributed by atoms with van der Waals surface area (Å²) in [5.74, 6) is 0.447. The monoisotopic (exact) mass is 296 g/mol. The molecule has 0 unspecified atom stereocenters. The highest BCUT2D eigenvalue weighted by Gasteiger charge is 2.13. The molecule has 0 saturated carbocycles. The number of esters is 1. The number of aromatic nitrogens is 2. The summed E-state index contributed by atoms with van der Waals surface area (Å²) in [6.45, 7) is 2.37. The molecule has 3 rings (SSSR count). The highest BCUT2D eigenvalue weighted by molar-refractivity contribution is 6.01. The van der Waals surface area contributed by atoms with Crippen LogP contribution in [0.25, 0.3) is 11.0 Å². The van der Waals surface area contributed by atoms with E-state index in [0.29, 0.717) is 23.2 Å². The van der Waals surface area contributed by atoms with Crippen LogP contribution in [0.15, 0.2) is 42.6 Å². The minimum Gasteiger partial charge on any atom is -0.487 e. The fourth-order valence-corrected chi connectivity index (χ4v) is 2.31. The van der Waals surface area contributed by atoms with Crippen molar-refractivity contribution in [3.05, 3.63) is 59.4 Å². The number of aromatic amines is 1. The number of pyridine rings is 1. The zero-order valence-electron chi connectivity index (χ0n) is 12.4. The second-order valence-electron chi connectivity index (χ2n) is 4.96. The predicted molar refractivity (Wildman–Crippen MR) is 82.9 cm³/mol. The van der Waals surface area contributed by atoms with Crippen LogP contribution in [0, 0.1) is 6.92 Å². The number of ether oxygens (including phenoxy) is 2. The Balaban J connectivity index is 1.86. The summed E-state index contributed by atoms with van der Waals surface area (Å²) in [4.78, 5) is 19.2. The first kappa shape index (κ1) is 14.1. The van der Waals surface area contributed by atoms with Crippen molar-refractivity contribution in [3.63, 3.8) is 0 Å². The van der Waals surface area contributed by atoms with Gasteiger partial charge in [-0.25, -0.2) is 4.79 Å². The lowest BCUT2D eigenvalue weighted by atomic mass is 10.2. The first-order chi connectivity index (χ1) is 10.7. The van der Waals surface area contributed by atoms with Crippen LogP contribution in [-0.2, 0) is 11.3 Å². The minimum atomic E-state index is -0.388. The molecule has 0 saturated heterocycles. The highest BCUT2D eigenvalue weighted by atomic mass is 16.5. The van der Waals surface area contributed by atoms with E-state index in [2.05, 4.69) is 9.97 Å². The molecule has 112 valence electrons. The first-order valence-electron chi connectivity index (χ1n) is 6.92. The number of methoxy groups -OCH3 is 1. The molecule has 0 spiro atoms. The normalized spacial score (nSPS) is 10.6. The fourth-order valence-electron chi connectivity index (χ4n) is 2.31. The van der Waals surface area contributed by atoms with Gasteiger partial charge in [0.15, 0.2) is 0 Å². The maximum absolute atomic E-state index is 11.8. The third-order valence-corrected chi connectivity index (χ3v) is 3.46. The number of benzene rings is 1. The zero-order valence-corrected chi connectivity index (χ0v) is 12.4. The third-order valence-electron chi connectivity index (χ3n) is 3.46. The number of nitrogens with zero attached hydrogens (tertiary/aromatic N) is 1. The Bertz CT molecular complexity index is 824. The van der Waals surface area contributed by atoms with Gasteiger partial charge in [-0.15, -0.1) is 0 Å². The molecule has 0 fully saturated rings. The van der Waals surface area contributed by atoms with E-state index in [0.717, 1.165) is 17.0 Å². The van der Waals surface area contributed by atoms with Gasteiger partial charge < -0.3 is 14.5 Å². The van der Waals surface area contributed by atoms with Gasteiger partial charge in [-0.3, -0.25) is 4.98 Å². The smallest absolute Gasteiger partial charge is 0.340 e. The van der Waals surface area contributed by atoms with Gasteiger partial charge in [0.25, 0.3) is 0 Å². The molecule has 0 radical (unpaired) electrons. The lowest BCUT2D eigenvalue weighted by molar-refractivity contribution is 0.0602. The number of aryl methyl sites for hydroxylation is 1. The van der Waals surface area contributed by atoms with E-state index >= 15 is 0 Å².